The number of benzene rings is 3. The molecule has 0 saturated carbocycles. The first-order valence-electron chi connectivity index (χ1n) is 10.8. The van der Waals surface area contributed by atoms with E-state index in [1.807, 2.05) is 67.7 Å². The van der Waals surface area contributed by atoms with Crippen molar-refractivity contribution in [1.29, 1.82) is 0 Å². The van der Waals surface area contributed by atoms with Crippen LogP contribution in [-0.4, -0.2) is 41.3 Å². The highest BCUT2D eigenvalue weighted by Gasteiger charge is 2.25. The standard InChI is InChI=1S/C26H25N3O3/c1-29(16-21-18-30-22-14-8-9-15-23(22)31-21)17-24-27-26(28-32-24)25(19-10-4-2-5-11-19)20-12-6-3-7-13-20/h2-15,21,25H,16-18H2,1H3/t21-/m0/s1. The Kier molecular flexibility index (Phi) is 5.85. The molecule has 0 unspecified atom stereocenters. The van der Waals surface area contributed by atoms with Crippen LogP contribution in [0.3, 0.4) is 0 Å². The zero-order valence-corrected chi connectivity index (χ0v) is 17.9. The highest BCUT2D eigenvalue weighted by Crippen LogP contribution is 2.32. The van der Waals surface area contributed by atoms with E-state index in [0.717, 1.165) is 22.6 Å². The Bertz CT molecular complexity index is 1110. The Hall–Kier alpha value is -3.64. The van der Waals surface area contributed by atoms with Gasteiger partial charge in [0.05, 0.1) is 12.5 Å². The minimum Gasteiger partial charge on any atom is -0.486 e. The number of rotatable bonds is 7. The Morgan fingerprint density at radius 1 is 0.875 bits per heavy atom. The van der Waals surface area contributed by atoms with Crippen molar-refractivity contribution in [1.82, 2.24) is 15.0 Å². The highest BCUT2D eigenvalue weighted by atomic mass is 16.6. The van der Waals surface area contributed by atoms with E-state index in [0.29, 0.717) is 31.4 Å². The minimum atomic E-state index is -0.0771. The molecule has 0 radical (unpaired) electrons. The van der Waals surface area contributed by atoms with Crippen LogP contribution >= 0.6 is 0 Å². The first-order chi connectivity index (χ1) is 15.8. The molecule has 1 atom stereocenters. The molecule has 0 saturated heterocycles. The van der Waals surface area contributed by atoms with Crippen LogP contribution in [0.1, 0.15) is 28.8 Å². The lowest BCUT2D eigenvalue weighted by molar-refractivity contribution is 0.0613. The monoisotopic (exact) mass is 427 g/mol. The average Bonchev–Trinajstić information content (AvgIpc) is 3.28. The average molecular weight is 428 g/mol. The lowest BCUT2D eigenvalue weighted by Gasteiger charge is -2.29. The molecule has 6 nitrogen and oxygen atoms in total. The second-order valence-electron chi connectivity index (χ2n) is 8.00. The second-order valence-corrected chi connectivity index (χ2v) is 8.00. The molecule has 5 rings (SSSR count). The van der Waals surface area contributed by atoms with Crippen LogP contribution in [0.2, 0.25) is 0 Å². The number of para-hydroxylation sites is 2. The van der Waals surface area contributed by atoms with Gasteiger partial charge in [-0.05, 0) is 30.3 Å². The topological polar surface area (TPSA) is 60.6 Å². The molecule has 0 amide bonds. The summed E-state index contributed by atoms with van der Waals surface area (Å²) in [6.07, 6.45) is -0.0568. The smallest absolute Gasteiger partial charge is 0.240 e. The highest BCUT2D eigenvalue weighted by molar-refractivity contribution is 5.41. The Balaban J connectivity index is 1.28. The van der Waals surface area contributed by atoms with E-state index in [1.54, 1.807) is 0 Å². The molecule has 0 fully saturated rings. The summed E-state index contributed by atoms with van der Waals surface area (Å²) in [5.74, 6) is 2.74. The van der Waals surface area contributed by atoms with Gasteiger partial charge in [0.15, 0.2) is 17.3 Å². The number of nitrogens with zero attached hydrogens (tertiary/aromatic N) is 3. The zero-order chi connectivity index (χ0) is 21.8. The van der Waals surface area contributed by atoms with Crippen LogP contribution in [0.5, 0.6) is 11.5 Å². The quantitative estimate of drug-likeness (QED) is 0.432. The zero-order valence-electron chi connectivity index (χ0n) is 17.9. The van der Waals surface area contributed by atoms with E-state index in [4.69, 9.17) is 19.0 Å². The van der Waals surface area contributed by atoms with Crippen LogP contribution in [-0.2, 0) is 6.54 Å². The summed E-state index contributed by atoms with van der Waals surface area (Å²) < 4.78 is 17.5. The number of hydrogen-bond acceptors (Lipinski definition) is 6. The molecule has 2 heterocycles. The van der Waals surface area contributed by atoms with Crippen molar-refractivity contribution < 1.29 is 14.0 Å². The van der Waals surface area contributed by atoms with Gasteiger partial charge in [-0.1, -0.05) is 78.0 Å². The van der Waals surface area contributed by atoms with E-state index in [2.05, 4.69) is 34.3 Å². The van der Waals surface area contributed by atoms with Crippen LogP contribution in [0.25, 0.3) is 0 Å². The molecule has 1 aliphatic heterocycles. The number of hydrogen-bond donors (Lipinski definition) is 0. The largest absolute Gasteiger partial charge is 0.486 e. The van der Waals surface area contributed by atoms with E-state index < -0.39 is 0 Å². The molecule has 1 aliphatic rings. The van der Waals surface area contributed by atoms with Crippen LogP contribution in [0.4, 0.5) is 0 Å². The third kappa shape index (κ3) is 4.50. The molecule has 0 bridgehead atoms. The lowest BCUT2D eigenvalue weighted by Crippen LogP contribution is -2.39. The van der Waals surface area contributed by atoms with E-state index in [9.17, 15) is 0 Å². The Morgan fingerprint density at radius 3 is 2.19 bits per heavy atom. The van der Waals surface area contributed by atoms with Crippen molar-refractivity contribution >= 4 is 0 Å². The number of likely N-dealkylation sites (N-methyl/N-ethyl adjacent to an activating group) is 1. The number of fused-ring (bicyclic) bond motifs is 1. The molecule has 0 spiro atoms. The maximum atomic E-state index is 6.07. The van der Waals surface area contributed by atoms with E-state index >= 15 is 0 Å². The van der Waals surface area contributed by atoms with Gasteiger partial charge in [0, 0.05) is 6.54 Å². The minimum absolute atomic E-state index is 0.0568. The Labute approximate surface area is 187 Å². The fraction of sp³-hybridized carbons (Fsp3) is 0.231. The van der Waals surface area contributed by atoms with Crippen molar-refractivity contribution in [2.24, 2.45) is 0 Å². The van der Waals surface area contributed by atoms with E-state index in [1.165, 1.54) is 0 Å². The molecule has 3 aromatic carbocycles. The predicted octanol–water partition coefficient (Wildman–Crippen LogP) is 4.52. The summed E-state index contributed by atoms with van der Waals surface area (Å²) >= 11 is 0. The molecular weight excluding hydrogens is 402 g/mol. The van der Waals surface area contributed by atoms with Gasteiger partial charge in [-0.2, -0.15) is 4.98 Å². The Morgan fingerprint density at radius 2 is 1.50 bits per heavy atom. The van der Waals surface area contributed by atoms with Crippen LogP contribution in [0.15, 0.2) is 89.5 Å². The molecule has 162 valence electrons. The summed E-state index contributed by atoms with van der Waals surface area (Å²) in [4.78, 5) is 6.85. The van der Waals surface area contributed by atoms with Gasteiger partial charge in [-0.15, -0.1) is 0 Å². The summed E-state index contributed by atoms with van der Waals surface area (Å²) in [6.45, 7) is 1.73. The van der Waals surface area contributed by atoms with Crippen molar-refractivity contribution in [2.45, 2.75) is 18.6 Å². The maximum Gasteiger partial charge on any atom is 0.240 e. The van der Waals surface area contributed by atoms with Crippen LogP contribution in [0, 0.1) is 0 Å². The second kappa shape index (κ2) is 9.24. The summed E-state index contributed by atoms with van der Waals surface area (Å²) in [7, 11) is 2.01. The van der Waals surface area contributed by atoms with Crippen molar-refractivity contribution in [3.63, 3.8) is 0 Å². The third-order valence-corrected chi connectivity index (χ3v) is 5.50. The molecule has 32 heavy (non-hydrogen) atoms. The fourth-order valence-corrected chi connectivity index (χ4v) is 4.03. The SMILES string of the molecule is CN(Cc1nc(C(c2ccccc2)c2ccccc2)no1)C[C@H]1COc2ccccc2O1. The summed E-state index contributed by atoms with van der Waals surface area (Å²) in [5.41, 5.74) is 2.26. The van der Waals surface area contributed by atoms with Gasteiger partial charge in [0.25, 0.3) is 0 Å². The predicted molar refractivity (Wildman–Crippen MR) is 121 cm³/mol. The molecule has 4 aromatic rings. The van der Waals surface area contributed by atoms with E-state index in [-0.39, 0.29) is 12.0 Å². The van der Waals surface area contributed by atoms with Gasteiger partial charge in [-0.3, -0.25) is 4.90 Å². The maximum absolute atomic E-state index is 6.07. The van der Waals surface area contributed by atoms with Gasteiger partial charge in [0.2, 0.25) is 5.89 Å². The first-order valence-corrected chi connectivity index (χ1v) is 10.8. The van der Waals surface area contributed by atoms with Gasteiger partial charge in [-0.25, -0.2) is 0 Å². The van der Waals surface area contributed by atoms with Crippen molar-refractivity contribution in [3.8, 4) is 11.5 Å². The summed E-state index contributed by atoms with van der Waals surface area (Å²) in [5, 5.41) is 4.33. The molecular formula is C26H25N3O3. The molecule has 6 heteroatoms. The molecule has 1 aromatic heterocycles. The van der Waals surface area contributed by atoms with Crippen molar-refractivity contribution in [2.75, 3.05) is 20.2 Å². The molecule has 0 aliphatic carbocycles. The normalized spacial score (nSPS) is 15.3. The van der Waals surface area contributed by atoms with Gasteiger partial charge < -0.3 is 14.0 Å². The number of ether oxygens (including phenoxy) is 2. The lowest BCUT2D eigenvalue weighted by atomic mass is 9.91. The number of aromatic nitrogens is 2. The third-order valence-electron chi connectivity index (χ3n) is 5.50. The fourth-order valence-electron chi connectivity index (χ4n) is 4.03. The molecule has 0 N–H and O–H groups in total. The van der Waals surface area contributed by atoms with Crippen molar-refractivity contribution in [3.05, 3.63) is 108 Å². The van der Waals surface area contributed by atoms with Gasteiger partial charge in [0.1, 0.15) is 12.7 Å². The first kappa shape index (κ1) is 20.3. The van der Waals surface area contributed by atoms with Crippen LogP contribution < -0.4 is 9.47 Å². The van der Waals surface area contributed by atoms with Gasteiger partial charge >= 0.3 is 0 Å². The summed E-state index contributed by atoms with van der Waals surface area (Å²) in [6, 6.07) is 28.3.